The van der Waals surface area contributed by atoms with Crippen molar-refractivity contribution in [2.45, 2.75) is 18.1 Å². The van der Waals surface area contributed by atoms with Crippen LogP contribution in [0.4, 0.5) is 18.9 Å². The van der Waals surface area contributed by atoms with Crippen LogP contribution in [-0.2, 0) is 9.59 Å². The van der Waals surface area contributed by atoms with E-state index in [1.807, 2.05) is 51.2 Å². The van der Waals surface area contributed by atoms with Gasteiger partial charge in [-0.25, -0.2) is 4.79 Å². The molecule has 1 unspecified atom stereocenters. The van der Waals surface area contributed by atoms with Crippen LogP contribution in [0.25, 0.3) is 0 Å². The first-order chi connectivity index (χ1) is 14.5. The molecule has 2 aliphatic heterocycles. The minimum atomic E-state index is -5.08. The SMILES string of the molecule is CN1CC(=O)N(c2ccsc2)CC12CCN(C(=O)c1cccs1)C2.O=C(O)C(F)(F)F. The van der Waals surface area contributed by atoms with Gasteiger partial charge in [-0.05, 0) is 36.4 Å². The first-order valence-electron chi connectivity index (χ1n) is 9.20. The van der Waals surface area contributed by atoms with Gasteiger partial charge in [-0.1, -0.05) is 6.07 Å². The lowest BCUT2D eigenvalue weighted by Gasteiger charge is -2.46. The summed E-state index contributed by atoms with van der Waals surface area (Å²) in [5.41, 5.74) is 0.823. The van der Waals surface area contributed by atoms with Crippen LogP contribution >= 0.6 is 22.7 Å². The van der Waals surface area contributed by atoms with Crippen LogP contribution in [0.5, 0.6) is 0 Å². The van der Waals surface area contributed by atoms with Crippen molar-refractivity contribution in [1.82, 2.24) is 9.80 Å². The number of carbonyl (C=O) groups excluding carboxylic acids is 2. The van der Waals surface area contributed by atoms with E-state index in [1.165, 1.54) is 11.3 Å². The van der Waals surface area contributed by atoms with Crippen LogP contribution in [0.3, 0.4) is 0 Å². The van der Waals surface area contributed by atoms with Crippen molar-refractivity contribution in [2.24, 2.45) is 0 Å². The maximum absolute atomic E-state index is 12.7. The third kappa shape index (κ3) is 5.08. The predicted octanol–water partition coefficient (Wildman–Crippen LogP) is 3.01. The van der Waals surface area contributed by atoms with E-state index < -0.39 is 12.1 Å². The highest BCUT2D eigenvalue weighted by molar-refractivity contribution is 7.12. The van der Waals surface area contributed by atoms with Gasteiger partial charge in [0.1, 0.15) is 0 Å². The smallest absolute Gasteiger partial charge is 0.475 e. The highest BCUT2D eigenvalue weighted by Gasteiger charge is 2.48. The molecule has 4 rings (SSSR count). The first-order valence-corrected chi connectivity index (χ1v) is 11.0. The zero-order chi connectivity index (χ0) is 22.8. The Balaban J connectivity index is 0.000000339. The van der Waals surface area contributed by atoms with E-state index in [0.29, 0.717) is 19.6 Å². The van der Waals surface area contributed by atoms with Gasteiger partial charge in [-0.15, -0.1) is 11.3 Å². The Kier molecular flexibility index (Phi) is 6.72. The molecule has 2 aromatic rings. The number of nitrogens with zero attached hydrogens (tertiary/aromatic N) is 3. The van der Waals surface area contributed by atoms with Crippen LogP contribution in [0, 0.1) is 0 Å². The summed E-state index contributed by atoms with van der Waals surface area (Å²) >= 11 is 3.08. The third-order valence-corrected chi connectivity index (χ3v) is 6.88. The van der Waals surface area contributed by atoms with Crippen molar-refractivity contribution in [3.8, 4) is 0 Å². The van der Waals surface area contributed by atoms with E-state index in [4.69, 9.17) is 9.90 Å². The van der Waals surface area contributed by atoms with Gasteiger partial charge in [-0.2, -0.15) is 24.5 Å². The van der Waals surface area contributed by atoms with E-state index >= 15 is 0 Å². The van der Waals surface area contributed by atoms with Crippen molar-refractivity contribution >= 4 is 46.1 Å². The van der Waals surface area contributed by atoms with Gasteiger partial charge in [0.2, 0.25) is 5.91 Å². The number of likely N-dealkylation sites (tertiary alicyclic amines) is 1. The molecule has 0 bridgehead atoms. The fourth-order valence-corrected chi connectivity index (χ4v) is 4.96. The Bertz CT molecular complexity index is 934. The Labute approximate surface area is 184 Å². The van der Waals surface area contributed by atoms with Gasteiger partial charge >= 0.3 is 12.1 Å². The lowest BCUT2D eigenvalue weighted by Crippen LogP contribution is -2.64. The molecule has 2 aromatic heterocycles. The lowest BCUT2D eigenvalue weighted by molar-refractivity contribution is -0.192. The van der Waals surface area contributed by atoms with Crippen LogP contribution in [0.2, 0.25) is 0 Å². The van der Waals surface area contributed by atoms with Crippen LogP contribution in [0.1, 0.15) is 16.1 Å². The summed E-state index contributed by atoms with van der Waals surface area (Å²) in [6.45, 7) is 2.46. The lowest BCUT2D eigenvalue weighted by atomic mass is 9.93. The summed E-state index contributed by atoms with van der Waals surface area (Å²) in [4.78, 5) is 40.8. The van der Waals surface area contributed by atoms with Gasteiger partial charge in [0.05, 0.1) is 22.6 Å². The Morgan fingerprint density at radius 1 is 1.19 bits per heavy atom. The van der Waals surface area contributed by atoms with Crippen LogP contribution in [0.15, 0.2) is 34.3 Å². The van der Waals surface area contributed by atoms with Gasteiger partial charge in [0, 0.05) is 25.0 Å². The average Bonchev–Trinajstić information content (AvgIpc) is 3.47. The maximum atomic E-state index is 12.7. The van der Waals surface area contributed by atoms with Crippen LogP contribution in [-0.4, -0.2) is 77.6 Å². The van der Waals surface area contributed by atoms with Crippen molar-refractivity contribution < 1.29 is 32.7 Å². The summed E-state index contributed by atoms with van der Waals surface area (Å²) in [5, 5.41) is 13.1. The number of aliphatic carboxylic acids is 1. The number of thiophene rings is 2. The highest BCUT2D eigenvalue weighted by atomic mass is 32.1. The quantitative estimate of drug-likeness (QED) is 0.722. The number of likely N-dealkylation sites (N-methyl/N-ethyl adjacent to an activating group) is 1. The zero-order valence-corrected chi connectivity index (χ0v) is 18.1. The molecule has 31 heavy (non-hydrogen) atoms. The van der Waals surface area contributed by atoms with E-state index in [1.54, 1.807) is 11.3 Å². The predicted molar refractivity (Wildman–Crippen MR) is 111 cm³/mol. The minimum Gasteiger partial charge on any atom is -0.475 e. The number of rotatable bonds is 2. The molecule has 1 N–H and O–H groups in total. The molecule has 2 amide bonds. The van der Waals surface area contributed by atoms with Gasteiger partial charge in [-0.3, -0.25) is 14.5 Å². The summed E-state index contributed by atoms with van der Waals surface area (Å²) in [7, 11) is 2.00. The Morgan fingerprint density at radius 3 is 2.45 bits per heavy atom. The first kappa shape index (κ1) is 23.2. The van der Waals surface area contributed by atoms with Gasteiger partial charge < -0.3 is 14.9 Å². The second-order valence-corrected chi connectivity index (χ2v) is 9.03. The average molecular weight is 476 g/mol. The highest BCUT2D eigenvalue weighted by Crippen LogP contribution is 2.34. The molecule has 0 aromatic carbocycles. The monoisotopic (exact) mass is 475 g/mol. The molecule has 12 heteroatoms. The van der Waals surface area contributed by atoms with E-state index in [2.05, 4.69) is 4.90 Å². The molecular weight excluding hydrogens is 455 g/mol. The molecule has 4 heterocycles. The topological polar surface area (TPSA) is 81.2 Å². The fraction of sp³-hybridized carbons (Fsp3) is 0.421. The normalized spacial score (nSPS) is 21.9. The molecule has 2 fully saturated rings. The molecule has 1 spiro atoms. The van der Waals surface area contributed by atoms with E-state index in [-0.39, 0.29) is 17.4 Å². The zero-order valence-electron chi connectivity index (χ0n) is 16.5. The van der Waals surface area contributed by atoms with E-state index in [9.17, 15) is 22.8 Å². The fourth-order valence-electron chi connectivity index (χ4n) is 3.63. The molecule has 0 saturated carbocycles. The molecule has 2 aliphatic rings. The molecule has 1 atom stereocenters. The number of piperazine rings is 1. The second-order valence-electron chi connectivity index (χ2n) is 7.30. The van der Waals surface area contributed by atoms with Gasteiger partial charge in [0.15, 0.2) is 0 Å². The molecule has 168 valence electrons. The van der Waals surface area contributed by atoms with Crippen LogP contribution < -0.4 is 4.90 Å². The molecular formula is C19H20F3N3O4S2. The largest absolute Gasteiger partial charge is 0.490 e. The molecule has 2 saturated heterocycles. The van der Waals surface area contributed by atoms with Crippen molar-refractivity contribution in [3.05, 3.63) is 39.2 Å². The molecule has 7 nitrogen and oxygen atoms in total. The second kappa shape index (κ2) is 8.97. The summed E-state index contributed by atoms with van der Waals surface area (Å²) in [6, 6.07) is 5.78. The number of alkyl halides is 3. The number of hydrogen-bond acceptors (Lipinski definition) is 6. The third-order valence-electron chi connectivity index (χ3n) is 5.35. The number of halogens is 3. The number of anilines is 1. The number of carboxylic acids is 1. The Morgan fingerprint density at radius 2 is 1.90 bits per heavy atom. The number of carbonyl (C=O) groups is 3. The van der Waals surface area contributed by atoms with Crippen molar-refractivity contribution in [1.29, 1.82) is 0 Å². The molecule has 0 aliphatic carbocycles. The number of carboxylic acid groups (broad SMARTS) is 1. The minimum absolute atomic E-state index is 0.106. The summed E-state index contributed by atoms with van der Waals surface area (Å²) in [5.74, 6) is -2.52. The standard InChI is InChI=1S/C17H19N3O2S2.C2HF3O2/c1-18-9-15(21)20(13-4-8-23-10-13)12-17(18)5-6-19(11-17)16(22)14-3-2-7-24-14;3-2(4,5)1(6)7/h2-4,7-8,10H,5-6,9,11-12H2,1H3;(H,6,7). The maximum Gasteiger partial charge on any atom is 0.490 e. The van der Waals surface area contributed by atoms with Crippen molar-refractivity contribution in [3.63, 3.8) is 0 Å². The summed E-state index contributed by atoms with van der Waals surface area (Å²) < 4.78 is 31.7. The molecule has 0 radical (unpaired) electrons. The summed E-state index contributed by atoms with van der Waals surface area (Å²) in [6.07, 6.45) is -4.19. The number of hydrogen-bond donors (Lipinski definition) is 1. The van der Waals surface area contributed by atoms with Gasteiger partial charge in [0.25, 0.3) is 5.91 Å². The number of amides is 2. The Hall–Kier alpha value is -2.44. The van der Waals surface area contributed by atoms with E-state index in [0.717, 1.165) is 23.5 Å². The van der Waals surface area contributed by atoms with Crippen molar-refractivity contribution in [2.75, 3.05) is 38.1 Å².